The molecule has 0 amide bonds. The minimum Gasteiger partial charge on any atom is -0.497 e. The van der Waals surface area contributed by atoms with Crippen molar-refractivity contribution in [2.24, 2.45) is 0 Å². The molecule has 0 unspecified atom stereocenters. The molecule has 1 N–H and O–H groups in total. The summed E-state index contributed by atoms with van der Waals surface area (Å²) in [5.74, 6) is 2.25. The third-order valence-corrected chi connectivity index (χ3v) is 3.85. The van der Waals surface area contributed by atoms with Crippen LogP contribution in [0.2, 0.25) is 0 Å². The van der Waals surface area contributed by atoms with Crippen molar-refractivity contribution in [1.29, 1.82) is 0 Å². The molecule has 3 rings (SSSR count). The second-order valence-electron chi connectivity index (χ2n) is 4.44. The van der Waals surface area contributed by atoms with E-state index in [1.807, 2.05) is 41.8 Å². The largest absolute Gasteiger partial charge is 0.497 e. The van der Waals surface area contributed by atoms with Crippen molar-refractivity contribution < 1.29 is 9.47 Å². The molecule has 1 aromatic carbocycles. The number of nitrogens with one attached hydrogen (secondary N) is 1. The molecular formula is C16H16ClN3O2S. The van der Waals surface area contributed by atoms with Crippen LogP contribution in [0, 0.1) is 0 Å². The van der Waals surface area contributed by atoms with Gasteiger partial charge in [0.05, 0.1) is 19.9 Å². The molecular weight excluding hydrogens is 334 g/mol. The van der Waals surface area contributed by atoms with E-state index >= 15 is 0 Å². The van der Waals surface area contributed by atoms with Crippen LogP contribution in [0.15, 0.2) is 48.0 Å². The van der Waals surface area contributed by atoms with E-state index in [0.29, 0.717) is 0 Å². The van der Waals surface area contributed by atoms with Gasteiger partial charge in [0.1, 0.15) is 17.3 Å². The molecule has 5 nitrogen and oxygen atoms in total. The van der Waals surface area contributed by atoms with Crippen molar-refractivity contribution in [3.8, 4) is 22.8 Å². The molecule has 0 saturated carbocycles. The highest BCUT2D eigenvalue weighted by Crippen LogP contribution is 2.35. The Morgan fingerprint density at radius 3 is 2.65 bits per heavy atom. The second-order valence-corrected chi connectivity index (χ2v) is 5.30. The molecule has 120 valence electrons. The molecule has 7 heteroatoms. The molecule has 0 aliphatic rings. The first kappa shape index (κ1) is 17.1. The summed E-state index contributed by atoms with van der Waals surface area (Å²) in [6.07, 6.45) is 1.74. The van der Waals surface area contributed by atoms with Crippen molar-refractivity contribution in [3.05, 3.63) is 48.0 Å². The SMILES string of the molecule is COc1ccc(-c2csc(Nc3ccccn3)n2)c(OC)c1.Cl. The number of anilines is 2. The number of halogens is 1. The number of benzene rings is 1. The summed E-state index contributed by atoms with van der Waals surface area (Å²) in [5, 5.41) is 5.95. The molecule has 0 saturated heterocycles. The Hall–Kier alpha value is -2.31. The van der Waals surface area contributed by atoms with Crippen LogP contribution < -0.4 is 14.8 Å². The maximum Gasteiger partial charge on any atom is 0.188 e. The highest BCUT2D eigenvalue weighted by atomic mass is 35.5. The van der Waals surface area contributed by atoms with Gasteiger partial charge in [-0.05, 0) is 24.3 Å². The van der Waals surface area contributed by atoms with Gasteiger partial charge in [-0.1, -0.05) is 6.07 Å². The van der Waals surface area contributed by atoms with Crippen LogP contribution in [-0.4, -0.2) is 24.2 Å². The van der Waals surface area contributed by atoms with E-state index in [0.717, 1.165) is 33.7 Å². The maximum atomic E-state index is 5.42. The summed E-state index contributed by atoms with van der Waals surface area (Å²) in [7, 11) is 3.27. The zero-order valence-electron chi connectivity index (χ0n) is 12.6. The standard InChI is InChI=1S/C16H15N3O2S.ClH/c1-20-11-6-7-12(14(9-11)21-2)13-10-22-16(18-13)19-15-5-3-4-8-17-15;/h3-10H,1-2H3,(H,17,18,19);1H. The number of pyridine rings is 1. The second kappa shape index (κ2) is 7.80. The van der Waals surface area contributed by atoms with Gasteiger partial charge >= 0.3 is 0 Å². The fraction of sp³-hybridized carbons (Fsp3) is 0.125. The quantitative estimate of drug-likeness (QED) is 0.740. The highest BCUT2D eigenvalue weighted by Gasteiger charge is 2.11. The zero-order valence-corrected chi connectivity index (χ0v) is 14.3. The summed E-state index contributed by atoms with van der Waals surface area (Å²) in [4.78, 5) is 8.81. The molecule has 0 radical (unpaired) electrons. The van der Waals surface area contributed by atoms with Crippen LogP contribution in [0.25, 0.3) is 11.3 Å². The van der Waals surface area contributed by atoms with Gasteiger partial charge in [-0.15, -0.1) is 23.7 Å². The Labute approximate surface area is 144 Å². The van der Waals surface area contributed by atoms with E-state index < -0.39 is 0 Å². The Balaban J connectivity index is 0.00000192. The van der Waals surface area contributed by atoms with Crippen LogP contribution in [0.3, 0.4) is 0 Å². The first-order valence-electron chi connectivity index (χ1n) is 6.66. The molecule has 3 aromatic rings. The van der Waals surface area contributed by atoms with E-state index in [1.54, 1.807) is 20.4 Å². The first-order valence-corrected chi connectivity index (χ1v) is 7.54. The van der Waals surface area contributed by atoms with Crippen LogP contribution in [-0.2, 0) is 0 Å². The highest BCUT2D eigenvalue weighted by molar-refractivity contribution is 7.14. The zero-order chi connectivity index (χ0) is 15.4. The fourth-order valence-electron chi connectivity index (χ4n) is 2.01. The van der Waals surface area contributed by atoms with E-state index in [1.165, 1.54) is 11.3 Å². The predicted octanol–water partition coefficient (Wildman–Crippen LogP) is 4.39. The number of hydrogen-bond donors (Lipinski definition) is 1. The minimum absolute atomic E-state index is 0. The van der Waals surface area contributed by atoms with E-state index in [2.05, 4.69) is 15.3 Å². The Morgan fingerprint density at radius 1 is 1.09 bits per heavy atom. The topological polar surface area (TPSA) is 56.3 Å². The summed E-state index contributed by atoms with van der Waals surface area (Å²) < 4.78 is 10.6. The number of methoxy groups -OCH3 is 2. The Kier molecular flexibility index (Phi) is 5.78. The third kappa shape index (κ3) is 3.91. The number of rotatable bonds is 5. The summed E-state index contributed by atoms with van der Waals surface area (Å²) >= 11 is 1.52. The fourth-order valence-corrected chi connectivity index (χ4v) is 2.73. The van der Waals surface area contributed by atoms with E-state index in [9.17, 15) is 0 Å². The number of nitrogens with zero attached hydrogens (tertiary/aromatic N) is 2. The average molecular weight is 350 g/mol. The number of thiazole rings is 1. The van der Waals surface area contributed by atoms with Gasteiger partial charge in [0.25, 0.3) is 0 Å². The number of aromatic nitrogens is 2. The van der Waals surface area contributed by atoms with Crippen LogP contribution >= 0.6 is 23.7 Å². The molecule has 0 spiro atoms. The van der Waals surface area contributed by atoms with Gasteiger partial charge in [0.15, 0.2) is 5.13 Å². The van der Waals surface area contributed by atoms with Gasteiger partial charge in [-0.3, -0.25) is 0 Å². The molecule has 0 aliphatic heterocycles. The van der Waals surface area contributed by atoms with Gasteiger partial charge in [0.2, 0.25) is 0 Å². The molecule has 23 heavy (non-hydrogen) atoms. The van der Waals surface area contributed by atoms with Crippen molar-refractivity contribution in [3.63, 3.8) is 0 Å². The van der Waals surface area contributed by atoms with E-state index in [-0.39, 0.29) is 12.4 Å². The molecule has 2 heterocycles. The lowest BCUT2D eigenvalue weighted by Gasteiger charge is -2.08. The smallest absolute Gasteiger partial charge is 0.188 e. The van der Waals surface area contributed by atoms with Crippen LogP contribution in [0.5, 0.6) is 11.5 Å². The average Bonchev–Trinajstić information content (AvgIpc) is 3.03. The van der Waals surface area contributed by atoms with E-state index in [4.69, 9.17) is 9.47 Å². The Bertz CT molecular complexity index is 765. The number of hydrogen-bond acceptors (Lipinski definition) is 6. The molecule has 0 fully saturated rings. The van der Waals surface area contributed by atoms with Crippen molar-refractivity contribution in [1.82, 2.24) is 9.97 Å². The molecule has 0 aliphatic carbocycles. The minimum atomic E-state index is 0. The summed E-state index contributed by atoms with van der Waals surface area (Å²) in [5.41, 5.74) is 1.77. The molecule has 0 bridgehead atoms. The molecule has 0 atom stereocenters. The third-order valence-electron chi connectivity index (χ3n) is 3.09. The van der Waals surface area contributed by atoms with Crippen LogP contribution in [0.1, 0.15) is 0 Å². The summed E-state index contributed by atoms with van der Waals surface area (Å²) in [6.45, 7) is 0. The summed E-state index contributed by atoms with van der Waals surface area (Å²) in [6, 6.07) is 11.4. The van der Waals surface area contributed by atoms with Gasteiger partial charge in [-0.25, -0.2) is 9.97 Å². The lowest BCUT2D eigenvalue weighted by molar-refractivity contribution is 0.395. The number of ether oxygens (including phenoxy) is 2. The normalized spacial score (nSPS) is 9.83. The first-order chi connectivity index (χ1) is 10.8. The predicted molar refractivity (Wildman–Crippen MR) is 95.4 cm³/mol. The van der Waals surface area contributed by atoms with Gasteiger partial charge < -0.3 is 14.8 Å². The lowest BCUT2D eigenvalue weighted by Crippen LogP contribution is -1.93. The molecule has 2 aromatic heterocycles. The van der Waals surface area contributed by atoms with Crippen molar-refractivity contribution in [2.45, 2.75) is 0 Å². The lowest BCUT2D eigenvalue weighted by atomic mass is 10.1. The van der Waals surface area contributed by atoms with Gasteiger partial charge in [-0.2, -0.15) is 0 Å². The Morgan fingerprint density at radius 2 is 1.96 bits per heavy atom. The maximum absolute atomic E-state index is 5.42. The monoisotopic (exact) mass is 349 g/mol. The van der Waals surface area contributed by atoms with Gasteiger partial charge in [0, 0.05) is 23.2 Å². The van der Waals surface area contributed by atoms with Crippen molar-refractivity contribution >= 4 is 34.7 Å². The van der Waals surface area contributed by atoms with Crippen LogP contribution in [0.4, 0.5) is 10.9 Å². The van der Waals surface area contributed by atoms with Crippen molar-refractivity contribution in [2.75, 3.05) is 19.5 Å².